The minimum absolute atomic E-state index is 0.106. The van der Waals surface area contributed by atoms with E-state index in [2.05, 4.69) is 10.3 Å². The van der Waals surface area contributed by atoms with Crippen molar-refractivity contribution in [1.29, 1.82) is 0 Å². The van der Waals surface area contributed by atoms with Gasteiger partial charge >= 0.3 is 0 Å². The summed E-state index contributed by atoms with van der Waals surface area (Å²) in [7, 11) is 1.63. The van der Waals surface area contributed by atoms with Crippen LogP contribution in [0.1, 0.15) is 12.5 Å². The number of benzene rings is 3. The smallest absolute Gasteiger partial charge is 0.231 e. The fourth-order valence-corrected chi connectivity index (χ4v) is 4.69. The number of fused-ring (bicyclic) bond motifs is 1. The lowest BCUT2D eigenvalue weighted by molar-refractivity contribution is -0.123. The molecule has 6 heteroatoms. The normalized spacial score (nSPS) is 12.8. The molecule has 0 radical (unpaired) electrons. The number of carbonyl (C=O) groups is 1. The molecule has 1 amide bonds. The lowest BCUT2D eigenvalue weighted by atomic mass is 9.84. The number of halogens is 1. The summed E-state index contributed by atoms with van der Waals surface area (Å²) in [5.74, 6) is 0.931. The van der Waals surface area contributed by atoms with Gasteiger partial charge in [-0.2, -0.15) is 0 Å². The standard InChI is InChI=1S/C27H25FN2O2S/c1-27(17-19-8-10-21(28)11-9-19,18-33-23-14-12-22(32-2)13-15-23)26(31)30-24-7-3-5-20-6-4-16-29-25(20)24/h3-16H,17-18H2,1-2H3,(H,30,31). The lowest BCUT2D eigenvalue weighted by Crippen LogP contribution is -2.38. The predicted octanol–water partition coefficient (Wildman–Crippen LogP) is 6.36. The second-order valence-electron chi connectivity index (χ2n) is 8.16. The summed E-state index contributed by atoms with van der Waals surface area (Å²) in [4.78, 5) is 19.1. The number of pyridine rings is 1. The van der Waals surface area contributed by atoms with Crippen molar-refractivity contribution in [2.75, 3.05) is 18.2 Å². The van der Waals surface area contributed by atoms with Crippen LogP contribution in [0.2, 0.25) is 0 Å². The number of hydrogen-bond donors (Lipinski definition) is 1. The molecule has 0 aliphatic carbocycles. The molecule has 1 atom stereocenters. The molecule has 1 heterocycles. The molecule has 0 spiro atoms. The third kappa shape index (κ3) is 5.52. The van der Waals surface area contributed by atoms with Crippen molar-refractivity contribution >= 4 is 34.3 Å². The molecule has 0 aliphatic rings. The Balaban J connectivity index is 1.59. The Morgan fingerprint density at radius 2 is 1.76 bits per heavy atom. The first-order valence-electron chi connectivity index (χ1n) is 10.6. The van der Waals surface area contributed by atoms with Crippen LogP contribution in [-0.2, 0) is 11.2 Å². The number of para-hydroxylation sites is 1. The van der Waals surface area contributed by atoms with Crippen molar-refractivity contribution in [2.45, 2.75) is 18.2 Å². The second kappa shape index (κ2) is 10.0. The van der Waals surface area contributed by atoms with Gasteiger partial charge in [-0.3, -0.25) is 9.78 Å². The summed E-state index contributed by atoms with van der Waals surface area (Å²) >= 11 is 1.61. The van der Waals surface area contributed by atoms with Crippen molar-refractivity contribution in [3.05, 3.63) is 96.4 Å². The third-order valence-corrected chi connectivity index (χ3v) is 6.94. The van der Waals surface area contributed by atoms with E-state index in [0.717, 1.165) is 27.1 Å². The molecular weight excluding hydrogens is 435 g/mol. The zero-order valence-electron chi connectivity index (χ0n) is 18.5. The number of aromatic nitrogens is 1. The third-order valence-electron chi connectivity index (χ3n) is 5.55. The van der Waals surface area contributed by atoms with E-state index in [-0.39, 0.29) is 11.7 Å². The topological polar surface area (TPSA) is 51.2 Å². The van der Waals surface area contributed by atoms with Crippen LogP contribution in [-0.4, -0.2) is 23.8 Å². The molecule has 0 bridgehead atoms. The summed E-state index contributed by atoms with van der Waals surface area (Å²) in [6.45, 7) is 1.95. The first-order chi connectivity index (χ1) is 16.0. The summed E-state index contributed by atoms with van der Waals surface area (Å²) in [5.41, 5.74) is 1.58. The van der Waals surface area contributed by atoms with Gasteiger partial charge in [0.15, 0.2) is 0 Å². The van der Waals surface area contributed by atoms with Gasteiger partial charge in [0.25, 0.3) is 0 Å². The van der Waals surface area contributed by atoms with E-state index < -0.39 is 5.41 Å². The van der Waals surface area contributed by atoms with Crippen LogP contribution in [0.5, 0.6) is 5.75 Å². The van der Waals surface area contributed by atoms with Gasteiger partial charge in [0.2, 0.25) is 5.91 Å². The number of anilines is 1. The molecule has 3 aromatic carbocycles. The zero-order valence-corrected chi connectivity index (χ0v) is 19.4. The Bertz CT molecular complexity index is 1240. The van der Waals surface area contributed by atoms with Crippen LogP contribution in [0, 0.1) is 11.2 Å². The minimum atomic E-state index is -0.751. The van der Waals surface area contributed by atoms with E-state index in [1.807, 2.05) is 61.5 Å². The molecular formula is C27H25FN2O2S. The molecule has 1 aromatic heterocycles. The highest BCUT2D eigenvalue weighted by molar-refractivity contribution is 7.99. The van der Waals surface area contributed by atoms with Crippen LogP contribution in [0.3, 0.4) is 0 Å². The molecule has 4 aromatic rings. The molecule has 4 rings (SSSR count). The number of thioether (sulfide) groups is 1. The van der Waals surface area contributed by atoms with E-state index in [4.69, 9.17) is 4.74 Å². The summed E-state index contributed by atoms with van der Waals surface area (Å²) in [5, 5.41) is 4.06. The first-order valence-corrected chi connectivity index (χ1v) is 11.6. The van der Waals surface area contributed by atoms with Gasteiger partial charge in [0, 0.05) is 22.2 Å². The highest BCUT2D eigenvalue weighted by Crippen LogP contribution is 2.34. The van der Waals surface area contributed by atoms with Gasteiger partial charge in [0.05, 0.1) is 23.7 Å². The van der Waals surface area contributed by atoms with Gasteiger partial charge < -0.3 is 10.1 Å². The fraction of sp³-hybridized carbons (Fsp3) is 0.185. The Kier molecular flexibility index (Phi) is 6.94. The molecule has 0 saturated carbocycles. The number of rotatable bonds is 8. The summed E-state index contributed by atoms with van der Waals surface area (Å²) in [6, 6.07) is 23.7. The second-order valence-corrected chi connectivity index (χ2v) is 9.21. The van der Waals surface area contributed by atoms with E-state index in [9.17, 15) is 9.18 Å². The Labute approximate surface area is 197 Å². The molecule has 0 fully saturated rings. The number of amides is 1. The van der Waals surface area contributed by atoms with Gasteiger partial charge in [-0.25, -0.2) is 4.39 Å². The van der Waals surface area contributed by atoms with E-state index in [0.29, 0.717) is 17.9 Å². The predicted molar refractivity (Wildman–Crippen MR) is 132 cm³/mol. The van der Waals surface area contributed by atoms with Crippen molar-refractivity contribution in [2.24, 2.45) is 5.41 Å². The number of hydrogen-bond acceptors (Lipinski definition) is 4. The van der Waals surface area contributed by atoms with Crippen molar-refractivity contribution in [3.8, 4) is 5.75 Å². The van der Waals surface area contributed by atoms with Crippen LogP contribution in [0.4, 0.5) is 10.1 Å². The quantitative estimate of drug-likeness (QED) is 0.311. The van der Waals surface area contributed by atoms with E-state index in [1.54, 1.807) is 37.2 Å². The molecule has 1 N–H and O–H groups in total. The Hall–Kier alpha value is -3.38. The van der Waals surface area contributed by atoms with Crippen molar-refractivity contribution in [3.63, 3.8) is 0 Å². The minimum Gasteiger partial charge on any atom is -0.497 e. The van der Waals surface area contributed by atoms with Gasteiger partial charge in [-0.05, 0) is 67.4 Å². The molecule has 0 aliphatic heterocycles. The molecule has 1 unspecified atom stereocenters. The highest BCUT2D eigenvalue weighted by atomic mass is 32.2. The number of ether oxygens (including phenoxy) is 1. The first kappa shape index (κ1) is 22.8. The highest BCUT2D eigenvalue weighted by Gasteiger charge is 2.34. The van der Waals surface area contributed by atoms with Gasteiger partial charge in [-0.1, -0.05) is 30.3 Å². The largest absolute Gasteiger partial charge is 0.497 e. The number of carbonyl (C=O) groups excluding carboxylic acids is 1. The number of nitrogens with zero attached hydrogens (tertiary/aromatic N) is 1. The van der Waals surface area contributed by atoms with Crippen molar-refractivity contribution in [1.82, 2.24) is 4.98 Å². The average Bonchev–Trinajstić information content (AvgIpc) is 2.85. The Morgan fingerprint density at radius 1 is 1.03 bits per heavy atom. The maximum Gasteiger partial charge on any atom is 0.231 e. The molecule has 168 valence electrons. The molecule has 0 saturated heterocycles. The summed E-state index contributed by atoms with van der Waals surface area (Å²) in [6.07, 6.45) is 2.19. The van der Waals surface area contributed by atoms with Crippen molar-refractivity contribution < 1.29 is 13.9 Å². The SMILES string of the molecule is COc1ccc(SCC(C)(Cc2ccc(F)cc2)C(=O)Nc2cccc3cccnc23)cc1. The monoisotopic (exact) mass is 460 g/mol. The number of nitrogens with one attached hydrogen (secondary N) is 1. The van der Waals surface area contributed by atoms with E-state index >= 15 is 0 Å². The fourth-order valence-electron chi connectivity index (χ4n) is 3.64. The zero-order chi connectivity index (χ0) is 23.3. The number of methoxy groups -OCH3 is 1. The van der Waals surface area contributed by atoms with Crippen LogP contribution < -0.4 is 10.1 Å². The van der Waals surface area contributed by atoms with Crippen LogP contribution in [0.25, 0.3) is 10.9 Å². The maximum absolute atomic E-state index is 13.6. The lowest BCUT2D eigenvalue weighted by Gasteiger charge is -2.28. The Morgan fingerprint density at radius 3 is 2.48 bits per heavy atom. The van der Waals surface area contributed by atoms with Gasteiger partial charge in [0.1, 0.15) is 11.6 Å². The maximum atomic E-state index is 13.6. The van der Waals surface area contributed by atoms with Crippen LogP contribution in [0.15, 0.2) is 90.0 Å². The van der Waals surface area contributed by atoms with Gasteiger partial charge in [-0.15, -0.1) is 11.8 Å². The average molecular weight is 461 g/mol. The molecule has 33 heavy (non-hydrogen) atoms. The summed E-state index contributed by atoms with van der Waals surface area (Å²) < 4.78 is 18.7. The molecule has 4 nitrogen and oxygen atoms in total. The van der Waals surface area contributed by atoms with Crippen LogP contribution >= 0.6 is 11.8 Å². The van der Waals surface area contributed by atoms with E-state index in [1.165, 1.54) is 12.1 Å².